The van der Waals surface area contributed by atoms with Gasteiger partial charge in [-0.25, -0.2) is 4.98 Å². The Balaban J connectivity index is 1.48. The quantitative estimate of drug-likeness (QED) is 0.783. The molecule has 0 bridgehead atoms. The number of nitrogens with one attached hydrogen (secondary N) is 1. The van der Waals surface area contributed by atoms with Crippen LogP contribution in [0.5, 0.6) is 5.75 Å². The van der Waals surface area contributed by atoms with E-state index in [1.54, 1.807) is 41.4 Å². The molecule has 0 saturated carbocycles. The number of piperazine rings is 1. The van der Waals surface area contributed by atoms with Crippen molar-refractivity contribution in [1.82, 2.24) is 9.88 Å². The van der Waals surface area contributed by atoms with Gasteiger partial charge in [-0.3, -0.25) is 9.59 Å². The van der Waals surface area contributed by atoms with Gasteiger partial charge in [-0.2, -0.15) is 0 Å². The molecule has 0 radical (unpaired) electrons. The number of hydrogen-bond acceptors (Lipinski definition) is 5. The number of aromatic nitrogens is 1. The standard InChI is InChI=1S/C18H19ClN4O3/c19-14-1-4-16(5-2-14)26-12-18(25)21-15-3-6-17(20-11-15)23-9-7-22(13-24)8-10-23/h1-6,11,13H,7-10,12H2,(H,21,25). The van der Waals surface area contributed by atoms with Crippen LogP contribution in [0, 0.1) is 0 Å². The molecule has 1 aliphatic rings. The fourth-order valence-corrected chi connectivity index (χ4v) is 2.71. The molecular weight excluding hydrogens is 356 g/mol. The molecule has 136 valence electrons. The van der Waals surface area contributed by atoms with Crippen molar-refractivity contribution in [3.05, 3.63) is 47.6 Å². The fourth-order valence-electron chi connectivity index (χ4n) is 2.58. The van der Waals surface area contributed by atoms with E-state index in [-0.39, 0.29) is 12.5 Å². The Hall–Kier alpha value is -2.80. The van der Waals surface area contributed by atoms with E-state index in [2.05, 4.69) is 15.2 Å². The molecule has 0 atom stereocenters. The number of rotatable bonds is 6. The number of amides is 2. The number of ether oxygens (including phenoxy) is 1. The summed E-state index contributed by atoms with van der Waals surface area (Å²) in [7, 11) is 0. The first-order chi connectivity index (χ1) is 12.6. The van der Waals surface area contributed by atoms with Crippen LogP contribution in [0.4, 0.5) is 11.5 Å². The third kappa shape index (κ3) is 4.86. The number of benzene rings is 1. The summed E-state index contributed by atoms with van der Waals surface area (Å²) in [5.74, 6) is 1.13. The van der Waals surface area contributed by atoms with E-state index < -0.39 is 0 Å². The zero-order valence-corrected chi connectivity index (χ0v) is 14.9. The summed E-state index contributed by atoms with van der Waals surface area (Å²) in [6.07, 6.45) is 2.48. The Labute approximate surface area is 156 Å². The second kappa shape index (κ2) is 8.53. The maximum atomic E-state index is 12.0. The lowest BCUT2D eigenvalue weighted by Gasteiger charge is -2.33. The van der Waals surface area contributed by atoms with Crippen molar-refractivity contribution in [3.8, 4) is 5.75 Å². The number of halogens is 1. The first-order valence-corrected chi connectivity index (χ1v) is 8.60. The van der Waals surface area contributed by atoms with Crippen molar-refractivity contribution in [2.24, 2.45) is 0 Å². The van der Waals surface area contributed by atoms with Gasteiger partial charge in [0, 0.05) is 31.2 Å². The highest BCUT2D eigenvalue weighted by atomic mass is 35.5. The van der Waals surface area contributed by atoms with Crippen LogP contribution in [-0.4, -0.2) is 55.0 Å². The zero-order chi connectivity index (χ0) is 18.4. The van der Waals surface area contributed by atoms with Crippen LogP contribution < -0.4 is 15.0 Å². The van der Waals surface area contributed by atoms with Crippen LogP contribution in [0.3, 0.4) is 0 Å². The van der Waals surface area contributed by atoms with E-state index >= 15 is 0 Å². The summed E-state index contributed by atoms with van der Waals surface area (Å²) in [6.45, 7) is 2.76. The molecule has 8 heteroatoms. The number of carbonyl (C=O) groups is 2. The van der Waals surface area contributed by atoms with Crippen molar-refractivity contribution in [1.29, 1.82) is 0 Å². The maximum Gasteiger partial charge on any atom is 0.262 e. The van der Waals surface area contributed by atoms with Crippen LogP contribution >= 0.6 is 11.6 Å². The SMILES string of the molecule is O=CN1CCN(c2ccc(NC(=O)COc3ccc(Cl)cc3)cn2)CC1. The molecule has 1 N–H and O–H groups in total. The number of nitrogens with zero attached hydrogens (tertiary/aromatic N) is 3. The van der Waals surface area contributed by atoms with E-state index in [1.165, 1.54) is 0 Å². The van der Waals surface area contributed by atoms with Gasteiger partial charge in [-0.15, -0.1) is 0 Å². The Morgan fingerprint density at radius 2 is 1.88 bits per heavy atom. The number of pyridine rings is 1. The molecule has 2 heterocycles. The van der Waals surface area contributed by atoms with Crippen molar-refractivity contribution in [2.45, 2.75) is 0 Å². The molecule has 2 amide bonds. The minimum atomic E-state index is -0.269. The lowest BCUT2D eigenvalue weighted by atomic mass is 10.3. The molecule has 0 aliphatic carbocycles. The van der Waals surface area contributed by atoms with Gasteiger partial charge in [0.05, 0.1) is 11.9 Å². The van der Waals surface area contributed by atoms with Crippen LogP contribution in [0.25, 0.3) is 0 Å². The number of hydrogen-bond donors (Lipinski definition) is 1. The van der Waals surface area contributed by atoms with Crippen LogP contribution in [-0.2, 0) is 9.59 Å². The summed E-state index contributed by atoms with van der Waals surface area (Å²) in [5.41, 5.74) is 0.602. The Morgan fingerprint density at radius 3 is 2.50 bits per heavy atom. The van der Waals surface area contributed by atoms with Crippen LogP contribution in [0.1, 0.15) is 0 Å². The molecule has 1 aliphatic heterocycles. The highest BCUT2D eigenvalue weighted by Gasteiger charge is 2.16. The van der Waals surface area contributed by atoms with Crippen molar-refractivity contribution in [3.63, 3.8) is 0 Å². The Morgan fingerprint density at radius 1 is 1.15 bits per heavy atom. The molecule has 0 spiro atoms. The van der Waals surface area contributed by atoms with Crippen molar-refractivity contribution >= 4 is 35.4 Å². The average molecular weight is 375 g/mol. The normalized spacial score (nSPS) is 14.0. The second-order valence-corrected chi connectivity index (χ2v) is 6.26. The molecule has 1 aromatic heterocycles. The van der Waals surface area contributed by atoms with Crippen molar-refractivity contribution < 1.29 is 14.3 Å². The minimum absolute atomic E-state index is 0.100. The monoisotopic (exact) mass is 374 g/mol. The molecule has 0 unspecified atom stereocenters. The summed E-state index contributed by atoms with van der Waals surface area (Å²) in [5, 5.41) is 3.36. The topological polar surface area (TPSA) is 74.8 Å². The summed E-state index contributed by atoms with van der Waals surface area (Å²) in [6, 6.07) is 10.5. The lowest BCUT2D eigenvalue weighted by molar-refractivity contribution is -0.119. The first kappa shape index (κ1) is 18.0. The van der Waals surface area contributed by atoms with Gasteiger partial charge in [0.15, 0.2) is 6.61 Å². The summed E-state index contributed by atoms with van der Waals surface area (Å²) < 4.78 is 5.40. The Kier molecular flexibility index (Phi) is 5.91. The second-order valence-electron chi connectivity index (χ2n) is 5.82. The van der Waals surface area contributed by atoms with Crippen LogP contribution in [0.15, 0.2) is 42.6 Å². The predicted molar refractivity (Wildman–Crippen MR) is 99.7 cm³/mol. The van der Waals surface area contributed by atoms with Gasteiger partial charge in [0.2, 0.25) is 6.41 Å². The number of anilines is 2. The molecule has 1 fully saturated rings. The minimum Gasteiger partial charge on any atom is -0.484 e. The molecule has 1 aromatic carbocycles. The van der Waals surface area contributed by atoms with E-state index in [0.717, 1.165) is 25.3 Å². The predicted octanol–water partition coefficient (Wildman–Crippen LogP) is 2.03. The number of carbonyl (C=O) groups excluding carboxylic acids is 2. The van der Waals surface area contributed by atoms with E-state index in [1.807, 2.05) is 6.07 Å². The smallest absolute Gasteiger partial charge is 0.262 e. The molecular formula is C18H19ClN4O3. The van der Waals surface area contributed by atoms with Gasteiger partial charge >= 0.3 is 0 Å². The van der Waals surface area contributed by atoms with E-state index in [4.69, 9.17) is 16.3 Å². The lowest BCUT2D eigenvalue weighted by Crippen LogP contribution is -2.46. The fraction of sp³-hybridized carbons (Fsp3) is 0.278. The third-order valence-electron chi connectivity index (χ3n) is 4.00. The van der Waals surface area contributed by atoms with Gasteiger partial charge < -0.3 is 19.9 Å². The summed E-state index contributed by atoms with van der Waals surface area (Å²) in [4.78, 5) is 30.9. The van der Waals surface area contributed by atoms with E-state index in [0.29, 0.717) is 29.5 Å². The largest absolute Gasteiger partial charge is 0.484 e. The van der Waals surface area contributed by atoms with E-state index in [9.17, 15) is 9.59 Å². The van der Waals surface area contributed by atoms with Gasteiger partial charge in [-0.1, -0.05) is 11.6 Å². The molecule has 7 nitrogen and oxygen atoms in total. The molecule has 1 saturated heterocycles. The molecule has 2 aromatic rings. The summed E-state index contributed by atoms with van der Waals surface area (Å²) >= 11 is 5.80. The zero-order valence-electron chi connectivity index (χ0n) is 14.1. The van der Waals surface area contributed by atoms with Crippen molar-refractivity contribution in [2.75, 3.05) is 43.0 Å². The van der Waals surface area contributed by atoms with Gasteiger partial charge in [-0.05, 0) is 36.4 Å². The highest BCUT2D eigenvalue weighted by molar-refractivity contribution is 6.30. The Bertz CT molecular complexity index is 744. The molecule has 26 heavy (non-hydrogen) atoms. The third-order valence-corrected chi connectivity index (χ3v) is 4.25. The molecule has 3 rings (SSSR count). The van der Waals surface area contributed by atoms with Crippen LogP contribution in [0.2, 0.25) is 5.02 Å². The first-order valence-electron chi connectivity index (χ1n) is 8.22. The van der Waals surface area contributed by atoms with Gasteiger partial charge in [0.25, 0.3) is 5.91 Å². The highest BCUT2D eigenvalue weighted by Crippen LogP contribution is 2.17. The van der Waals surface area contributed by atoms with Gasteiger partial charge in [0.1, 0.15) is 11.6 Å². The maximum absolute atomic E-state index is 12.0. The average Bonchev–Trinajstić information content (AvgIpc) is 2.68.